The zero-order valence-electron chi connectivity index (χ0n) is 17.0. The average Bonchev–Trinajstić information content (AvgIpc) is 2.80. The minimum atomic E-state index is -0.302. The minimum absolute atomic E-state index is 0.219. The Morgan fingerprint density at radius 1 is 0.871 bits per heavy atom. The van der Waals surface area contributed by atoms with E-state index >= 15 is 0 Å². The molecule has 0 unspecified atom stereocenters. The van der Waals surface area contributed by atoms with Gasteiger partial charge < -0.3 is 10.4 Å². The number of nitrogens with zero attached hydrogens (tertiary/aromatic N) is 2. The average molecular weight is 413 g/mol. The molecular formula is C25H23N3O3. The summed E-state index contributed by atoms with van der Waals surface area (Å²) in [5.74, 6) is -0.0654. The predicted octanol–water partition coefficient (Wildman–Crippen LogP) is 3.51. The van der Waals surface area contributed by atoms with Gasteiger partial charge in [0.05, 0.1) is 11.9 Å². The van der Waals surface area contributed by atoms with E-state index in [1.54, 1.807) is 36.4 Å². The third-order valence-electron chi connectivity index (χ3n) is 5.12. The zero-order chi connectivity index (χ0) is 21.6. The number of aryl methyl sites for hydroxylation is 1. The molecule has 0 spiro atoms. The molecule has 1 amide bonds. The SMILES string of the molecule is O=C(NCCCc1ccc(O)cc1)c1nn(Cc2ccccc2)c(=O)c2ccccc12. The molecule has 0 aliphatic rings. The molecule has 0 bridgehead atoms. The van der Waals surface area contributed by atoms with Crippen molar-refractivity contribution in [1.82, 2.24) is 15.1 Å². The summed E-state index contributed by atoms with van der Waals surface area (Å²) in [6.45, 7) is 0.777. The normalized spacial score (nSPS) is 10.8. The van der Waals surface area contributed by atoms with Crippen molar-refractivity contribution in [2.24, 2.45) is 0 Å². The predicted molar refractivity (Wildman–Crippen MR) is 120 cm³/mol. The van der Waals surface area contributed by atoms with Crippen LogP contribution in [-0.4, -0.2) is 27.3 Å². The third kappa shape index (κ3) is 4.80. The molecule has 0 fully saturated rings. The van der Waals surface area contributed by atoms with Gasteiger partial charge in [-0.25, -0.2) is 4.68 Å². The van der Waals surface area contributed by atoms with Gasteiger partial charge in [-0.15, -0.1) is 0 Å². The van der Waals surface area contributed by atoms with Crippen LogP contribution in [-0.2, 0) is 13.0 Å². The summed E-state index contributed by atoms with van der Waals surface area (Å²) in [4.78, 5) is 25.8. The van der Waals surface area contributed by atoms with Gasteiger partial charge in [0.2, 0.25) is 0 Å². The van der Waals surface area contributed by atoms with E-state index in [2.05, 4.69) is 10.4 Å². The lowest BCUT2D eigenvalue weighted by atomic mass is 10.1. The first-order valence-electron chi connectivity index (χ1n) is 10.2. The first kappa shape index (κ1) is 20.3. The van der Waals surface area contributed by atoms with Gasteiger partial charge in [0, 0.05) is 11.9 Å². The first-order chi connectivity index (χ1) is 15.1. The molecule has 1 heterocycles. The molecule has 0 radical (unpaired) electrons. The van der Waals surface area contributed by atoms with Crippen LogP contribution in [0.2, 0.25) is 0 Å². The van der Waals surface area contributed by atoms with Crippen LogP contribution in [0, 0.1) is 0 Å². The van der Waals surface area contributed by atoms with Gasteiger partial charge in [0.25, 0.3) is 11.5 Å². The fraction of sp³-hybridized carbons (Fsp3) is 0.160. The highest BCUT2D eigenvalue weighted by molar-refractivity contribution is 6.04. The monoisotopic (exact) mass is 413 g/mol. The largest absolute Gasteiger partial charge is 0.508 e. The number of rotatable bonds is 7. The van der Waals surface area contributed by atoms with E-state index in [-0.39, 0.29) is 22.9 Å². The zero-order valence-corrected chi connectivity index (χ0v) is 17.0. The number of phenolic OH excluding ortho intramolecular Hbond substituents is 1. The molecule has 0 saturated carbocycles. The minimum Gasteiger partial charge on any atom is -0.508 e. The topological polar surface area (TPSA) is 84.2 Å². The Kier molecular flexibility index (Phi) is 6.08. The summed E-state index contributed by atoms with van der Waals surface area (Å²) in [7, 11) is 0. The van der Waals surface area contributed by atoms with E-state index in [1.165, 1.54) is 4.68 Å². The van der Waals surface area contributed by atoms with Gasteiger partial charge in [0.15, 0.2) is 5.69 Å². The van der Waals surface area contributed by atoms with Gasteiger partial charge in [-0.3, -0.25) is 9.59 Å². The lowest BCUT2D eigenvalue weighted by Gasteiger charge is -2.11. The van der Waals surface area contributed by atoms with E-state index in [9.17, 15) is 14.7 Å². The molecule has 156 valence electrons. The molecule has 4 aromatic rings. The Balaban J connectivity index is 1.52. The quantitative estimate of drug-likeness (QED) is 0.454. The van der Waals surface area contributed by atoms with Crippen molar-refractivity contribution in [2.75, 3.05) is 6.54 Å². The second-order valence-corrected chi connectivity index (χ2v) is 7.37. The molecule has 31 heavy (non-hydrogen) atoms. The van der Waals surface area contributed by atoms with Gasteiger partial charge in [-0.05, 0) is 42.2 Å². The number of nitrogens with one attached hydrogen (secondary N) is 1. The number of carbonyl (C=O) groups is 1. The van der Waals surface area contributed by atoms with Gasteiger partial charge in [-0.1, -0.05) is 60.7 Å². The molecule has 1 aromatic heterocycles. The Morgan fingerprint density at radius 3 is 2.29 bits per heavy atom. The Hall–Kier alpha value is -3.93. The summed E-state index contributed by atoms with van der Waals surface area (Å²) in [5.41, 5.74) is 2.05. The molecule has 0 aliphatic carbocycles. The number of amides is 1. The highest BCUT2D eigenvalue weighted by Crippen LogP contribution is 2.14. The molecule has 6 nitrogen and oxygen atoms in total. The summed E-state index contributed by atoms with van der Waals surface area (Å²) in [6.07, 6.45) is 1.53. The number of fused-ring (bicyclic) bond motifs is 1. The standard InChI is InChI=1S/C25H23N3O3/c29-20-14-12-18(13-15-20)9-6-16-26-24(30)23-21-10-4-5-11-22(21)25(31)28(27-23)17-19-7-2-1-3-8-19/h1-5,7-8,10-15,29H,6,9,16-17H2,(H,26,30). The fourth-order valence-electron chi connectivity index (χ4n) is 3.51. The van der Waals surface area contributed by atoms with Crippen molar-refractivity contribution in [3.05, 3.63) is 106 Å². The Morgan fingerprint density at radius 2 is 1.55 bits per heavy atom. The molecule has 3 aromatic carbocycles. The summed E-state index contributed by atoms with van der Waals surface area (Å²) >= 11 is 0. The molecule has 0 saturated heterocycles. The number of hydrogen-bond donors (Lipinski definition) is 2. The number of benzene rings is 3. The van der Waals surface area contributed by atoms with Crippen LogP contribution >= 0.6 is 0 Å². The van der Waals surface area contributed by atoms with Gasteiger partial charge in [0.1, 0.15) is 5.75 Å². The van der Waals surface area contributed by atoms with Crippen molar-refractivity contribution < 1.29 is 9.90 Å². The first-order valence-corrected chi connectivity index (χ1v) is 10.2. The van der Waals surface area contributed by atoms with Crippen LogP contribution in [0.5, 0.6) is 5.75 Å². The highest BCUT2D eigenvalue weighted by Gasteiger charge is 2.16. The van der Waals surface area contributed by atoms with Crippen molar-refractivity contribution in [3.63, 3.8) is 0 Å². The maximum Gasteiger partial charge on any atom is 0.274 e. The van der Waals surface area contributed by atoms with E-state index < -0.39 is 0 Å². The molecule has 6 heteroatoms. The van der Waals surface area contributed by atoms with Crippen LogP contribution in [0.15, 0.2) is 83.7 Å². The lowest BCUT2D eigenvalue weighted by molar-refractivity contribution is 0.0948. The van der Waals surface area contributed by atoms with Crippen LogP contribution in [0.25, 0.3) is 10.8 Å². The second-order valence-electron chi connectivity index (χ2n) is 7.37. The van der Waals surface area contributed by atoms with Crippen LogP contribution in [0.4, 0.5) is 0 Å². The van der Waals surface area contributed by atoms with Gasteiger partial charge >= 0.3 is 0 Å². The van der Waals surface area contributed by atoms with Crippen LogP contribution < -0.4 is 10.9 Å². The number of aromatic hydroxyl groups is 1. The third-order valence-corrected chi connectivity index (χ3v) is 5.12. The van der Waals surface area contributed by atoms with E-state index in [0.29, 0.717) is 23.9 Å². The molecule has 0 aliphatic heterocycles. The summed E-state index contributed by atoms with van der Waals surface area (Å²) in [5, 5.41) is 17.7. The van der Waals surface area contributed by atoms with Crippen LogP contribution in [0.1, 0.15) is 28.0 Å². The summed E-state index contributed by atoms with van der Waals surface area (Å²) < 4.78 is 1.35. The maximum absolute atomic E-state index is 12.9. The summed E-state index contributed by atoms with van der Waals surface area (Å²) in [6, 6.07) is 23.7. The number of aromatic nitrogens is 2. The van der Waals surface area contributed by atoms with Crippen molar-refractivity contribution in [3.8, 4) is 5.75 Å². The van der Waals surface area contributed by atoms with Crippen molar-refractivity contribution in [2.45, 2.75) is 19.4 Å². The van der Waals surface area contributed by atoms with Crippen LogP contribution in [0.3, 0.4) is 0 Å². The molecule has 0 atom stereocenters. The van der Waals surface area contributed by atoms with Crippen molar-refractivity contribution in [1.29, 1.82) is 0 Å². The van der Waals surface area contributed by atoms with E-state index in [0.717, 1.165) is 24.0 Å². The Bertz CT molecular complexity index is 1250. The number of hydrogen-bond acceptors (Lipinski definition) is 4. The van der Waals surface area contributed by atoms with E-state index in [4.69, 9.17) is 0 Å². The lowest BCUT2D eigenvalue weighted by Crippen LogP contribution is -2.31. The molecular weight excluding hydrogens is 390 g/mol. The van der Waals surface area contributed by atoms with E-state index in [1.807, 2.05) is 42.5 Å². The molecule has 4 rings (SSSR count). The Labute approximate surface area is 179 Å². The molecule has 2 N–H and O–H groups in total. The fourth-order valence-corrected chi connectivity index (χ4v) is 3.51. The number of carbonyl (C=O) groups excluding carboxylic acids is 1. The smallest absolute Gasteiger partial charge is 0.274 e. The van der Waals surface area contributed by atoms with Gasteiger partial charge in [-0.2, -0.15) is 5.10 Å². The highest BCUT2D eigenvalue weighted by atomic mass is 16.3. The maximum atomic E-state index is 12.9. The van der Waals surface area contributed by atoms with Crippen molar-refractivity contribution >= 4 is 16.7 Å². The second kappa shape index (κ2) is 9.26. The number of phenols is 1.